The van der Waals surface area contributed by atoms with Gasteiger partial charge in [-0.15, -0.1) is 0 Å². The molecule has 176 valence electrons. The molecule has 0 amide bonds. The lowest BCUT2D eigenvalue weighted by atomic mass is 10.0. The fourth-order valence-corrected chi connectivity index (χ4v) is 4.42. The van der Waals surface area contributed by atoms with Gasteiger partial charge < -0.3 is 0 Å². The SMILES string of the molecule is [C-]#[N+]C(C#N)=c1c2nc(C)c(-c3ccccc3)nc2c(=C(C#N)[N+]#[C-])c2nc(C)c(-c3ccccc3)nc12. The Kier molecular flexibility index (Phi) is 6.00. The van der Waals surface area contributed by atoms with Crippen LogP contribution in [0.3, 0.4) is 0 Å². The number of nitrogens with zero attached hydrogens (tertiary/aromatic N) is 8. The number of rotatable bonds is 2. The Labute approximate surface area is 217 Å². The minimum absolute atomic E-state index is 0.179. The van der Waals surface area contributed by atoms with Crippen molar-refractivity contribution in [1.82, 2.24) is 19.9 Å². The van der Waals surface area contributed by atoms with Gasteiger partial charge in [-0.05, 0) is 13.8 Å². The van der Waals surface area contributed by atoms with Gasteiger partial charge in [0.05, 0.1) is 70.1 Å². The third-order valence-corrected chi connectivity index (χ3v) is 6.09. The van der Waals surface area contributed by atoms with Crippen molar-refractivity contribution in [3.8, 4) is 34.7 Å². The number of benzene rings is 3. The average molecular weight is 489 g/mol. The van der Waals surface area contributed by atoms with Crippen LogP contribution in [0, 0.1) is 49.7 Å². The van der Waals surface area contributed by atoms with Gasteiger partial charge in [0.2, 0.25) is 0 Å². The number of hydrogen-bond acceptors (Lipinski definition) is 6. The van der Waals surface area contributed by atoms with E-state index < -0.39 is 0 Å². The summed E-state index contributed by atoms with van der Waals surface area (Å²) in [5.74, 6) is 0. The van der Waals surface area contributed by atoms with Crippen LogP contribution in [0.1, 0.15) is 11.4 Å². The summed E-state index contributed by atoms with van der Waals surface area (Å²) in [6, 6.07) is 22.7. The summed E-state index contributed by atoms with van der Waals surface area (Å²) in [4.78, 5) is 26.2. The van der Waals surface area contributed by atoms with Crippen molar-refractivity contribution in [2.24, 2.45) is 0 Å². The van der Waals surface area contributed by atoms with Crippen molar-refractivity contribution in [2.75, 3.05) is 0 Å². The standard InChI is InChI=1S/C30H16N8/c1-17-25(19-11-7-5-8-12-19)37-29-24(22(16-32)34-4)28-30(23(27(29)35-17)21(15-31)33-3)38-26(18(2)36-28)20-13-9-6-10-14-20/h5-14H,1-2H3. The lowest BCUT2D eigenvalue weighted by Gasteiger charge is -2.13. The third kappa shape index (κ3) is 3.76. The maximum atomic E-state index is 9.91. The van der Waals surface area contributed by atoms with Gasteiger partial charge in [0.1, 0.15) is 0 Å². The quantitative estimate of drug-likeness (QED) is 0.265. The molecule has 0 atom stereocenters. The Morgan fingerprint density at radius 3 is 1.26 bits per heavy atom. The third-order valence-electron chi connectivity index (χ3n) is 6.09. The van der Waals surface area contributed by atoms with Gasteiger partial charge in [-0.3, -0.25) is 0 Å². The first-order chi connectivity index (χ1) is 18.5. The van der Waals surface area contributed by atoms with Crippen molar-refractivity contribution < 1.29 is 0 Å². The van der Waals surface area contributed by atoms with Crippen molar-refractivity contribution in [3.05, 3.63) is 105 Å². The monoisotopic (exact) mass is 488 g/mol. The minimum Gasteiger partial charge on any atom is -0.250 e. The summed E-state index contributed by atoms with van der Waals surface area (Å²) in [5, 5.41) is 20.2. The molecule has 0 fully saturated rings. The van der Waals surface area contributed by atoms with E-state index in [1.165, 1.54) is 0 Å². The molecule has 0 aliphatic rings. The van der Waals surface area contributed by atoms with E-state index in [1.807, 2.05) is 72.8 Å². The molecule has 0 spiro atoms. The number of aryl methyl sites for hydroxylation is 2. The number of hydrogen-bond donors (Lipinski definition) is 0. The molecule has 0 bridgehead atoms. The lowest BCUT2D eigenvalue weighted by molar-refractivity contribution is 1.16. The molecule has 8 heteroatoms. The van der Waals surface area contributed by atoms with Gasteiger partial charge >= 0.3 is 0 Å². The highest BCUT2D eigenvalue weighted by Crippen LogP contribution is 2.25. The van der Waals surface area contributed by atoms with Crippen LogP contribution in [0.25, 0.3) is 65.7 Å². The van der Waals surface area contributed by atoms with Crippen molar-refractivity contribution in [1.29, 1.82) is 10.5 Å². The highest BCUT2D eigenvalue weighted by Gasteiger charge is 2.20. The summed E-state index contributed by atoms with van der Waals surface area (Å²) in [5.41, 5.74) is 4.20. The molecule has 0 N–H and O–H groups in total. The molecule has 2 aromatic heterocycles. The first-order valence-electron chi connectivity index (χ1n) is 11.5. The Morgan fingerprint density at radius 2 is 0.947 bits per heavy atom. The van der Waals surface area contributed by atoms with Gasteiger partial charge in [-0.1, -0.05) is 60.7 Å². The van der Waals surface area contributed by atoms with Gasteiger partial charge in [0, 0.05) is 21.6 Å². The van der Waals surface area contributed by atoms with Crippen LogP contribution in [0.4, 0.5) is 0 Å². The van der Waals surface area contributed by atoms with E-state index >= 15 is 0 Å². The van der Waals surface area contributed by atoms with E-state index in [2.05, 4.69) is 9.69 Å². The molecule has 8 nitrogen and oxygen atoms in total. The van der Waals surface area contributed by atoms with Gasteiger partial charge in [-0.25, -0.2) is 40.1 Å². The average Bonchev–Trinajstić information content (AvgIpc) is 2.95. The summed E-state index contributed by atoms with van der Waals surface area (Å²) in [7, 11) is 0. The summed E-state index contributed by atoms with van der Waals surface area (Å²) in [6.45, 7) is 19.0. The Hall–Kier alpha value is -5.96. The van der Waals surface area contributed by atoms with E-state index in [0.29, 0.717) is 22.8 Å². The van der Waals surface area contributed by atoms with E-state index in [9.17, 15) is 10.5 Å². The Balaban J connectivity index is 2.15. The maximum Gasteiger partial charge on any atom is 0.273 e. The zero-order chi connectivity index (χ0) is 26.8. The molecule has 0 saturated heterocycles. The van der Waals surface area contributed by atoms with Crippen LogP contribution in [0.2, 0.25) is 0 Å². The van der Waals surface area contributed by atoms with Crippen LogP contribution in [-0.4, -0.2) is 19.9 Å². The van der Waals surface area contributed by atoms with Gasteiger partial charge in [0.15, 0.2) is 0 Å². The molecule has 3 aromatic carbocycles. The fraction of sp³-hybridized carbons (Fsp3) is 0.0667. The molecular formula is C30H16N8. The topological polar surface area (TPSA) is 108 Å². The molecule has 38 heavy (non-hydrogen) atoms. The first kappa shape index (κ1) is 23.8. The number of nitriles is 2. The van der Waals surface area contributed by atoms with Crippen LogP contribution in [0.15, 0.2) is 60.7 Å². The molecule has 2 heterocycles. The highest BCUT2D eigenvalue weighted by molar-refractivity contribution is 6.00. The molecule has 0 aliphatic heterocycles. The molecule has 5 rings (SSSR count). The first-order valence-corrected chi connectivity index (χ1v) is 11.5. The lowest BCUT2D eigenvalue weighted by Crippen LogP contribution is -2.23. The summed E-state index contributed by atoms with van der Waals surface area (Å²) in [6.07, 6.45) is 0. The smallest absolute Gasteiger partial charge is 0.250 e. The zero-order valence-electron chi connectivity index (χ0n) is 20.4. The fourth-order valence-electron chi connectivity index (χ4n) is 4.42. The highest BCUT2D eigenvalue weighted by atomic mass is 14.9. The minimum atomic E-state index is -0.230. The number of aromatic nitrogens is 4. The second-order valence-electron chi connectivity index (χ2n) is 8.34. The van der Waals surface area contributed by atoms with Crippen LogP contribution < -0.4 is 10.4 Å². The van der Waals surface area contributed by atoms with Crippen molar-refractivity contribution in [3.63, 3.8) is 0 Å². The number of fused-ring (bicyclic) bond motifs is 2. The second-order valence-corrected chi connectivity index (χ2v) is 8.34. The molecule has 0 saturated carbocycles. The van der Waals surface area contributed by atoms with Crippen LogP contribution >= 0.6 is 0 Å². The summed E-state index contributed by atoms with van der Waals surface area (Å²) >= 11 is 0. The maximum absolute atomic E-state index is 9.91. The molecule has 0 radical (unpaired) electrons. The Bertz CT molecular complexity index is 1890. The predicted octanol–water partition coefficient (Wildman–Crippen LogP) is 4.63. The van der Waals surface area contributed by atoms with Gasteiger partial charge in [-0.2, -0.15) is 0 Å². The van der Waals surface area contributed by atoms with E-state index in [4.69, 9.17) is 33.1 Å². The molecular weight excluding hydrogens is 472 g/mol. The van der Waals surface area contributed by atoms with Crippen LogP contribution in [0.5, 0.6) is 0 Å². The predicted molar refractivity (Wildman–Crippen MR) is 143 cm³/mol. The van der Waals surface area contributed by atoms with E-state index in [0.717, 1.165) is 11.1 Å². The Morgan fingerprint density at radius 1 is 0.605 bits per heavy atom. The second kappa shape index (κ2) is 9.59. The zero-order valence-corrected chi connectivity index (χ0v) is 20.4. The van der Waals surface area contributed by atoms with Crippen molar-refractivity contribution >= 4 is 33.5 Å². The van der Waals surface area contributed by atoms with E-state index in [1.54, 1.807) is 13.8 Å². The van der Waals surface area contributed by atoms with Crippen molar-refractivity contribution in [2.45, 2.75) is 13.8 Å². The van der Waals surface area contributed by atoms with Crippen LogP contribution in [-0.2, 0) is 0 Å². The summed E-state index contributed by atoms with van der Waals surface area (Å²) < 4.78 is 0. The molecule has 0 unspecified atom stereocenters. The van der Waals surface area contributed by atoms with Gasteiger partial charge in [0.25, 0.3) is 11.4 Å². The normalized spacial score (nSPS) is 12.2. The van der Waals surface area contributed by atoms with E-state index in [-0.39, 0.29) is 43.9 Å². The largest absolute Gasteiger partial charge is 0.273 e. The molecule has 5 aromatic rings. The molecule has 0 aliphatic carbocycles.